The Morgan fingerprint density at radius 3 is 2.59 bits per heavy atom. The van der Waals surface area contributed by atoms with Gasteiger partial charge in [-0.2, -0.15) is 0 Å². The zero-order valence-corrected chi connectivity index (χ0v) is 10.1. The fourth-order valence-electron chi connectivity index (χ4n) is 1.76. The predicted octanol–water partition coefficient (Wildman–Crippen LogP) is 1.99. The van der Waals surface area contributed by atoms with Gasteiger partial charge in [-0.15, -0.1) is 0 Å². The van der Waals surface area contributed by atoms with Gasteiger partial charge in [-0.1, -0.05) is 13.0 Å². The highest BCUT2D eigenvalue weighted by molar-refractivity contribution is 5.72. The van der Waals surface area contributed by atoms with Gasteiger partial charge in [-0.05, 0) is 36.6 Å². The lowest BCUT2D eigenvalue weighted by atomic mass is 9.99. The fourth-order valence-corrected chi connectivity index (χ4v) is 1.76. The van der Waals surface area contributed by atoms with Gasteiger partial charge in [0.2, 0.25) is 0 Å². The highest BCUT2D eigenvalue weighted by Crippen LogP contribution is 2.19. The molecule has 1 rings (SSSR count). The standard InChI is InChI=1S/C13H18O4/c1-3-9-7-11(14)6-5-10(9)8-12(13(15)16)17-4-2/h5-7,12,14H,3-4,8H2,1-2H3,(H,15,16)/t12-/m0/s1. The van der Waals surface area contributed by atoms with Crippen LogP contribution in [0.4, 0.5) is 0 Å². The number of phenols is 1. The number of rotatable bonds is 6. The van der Waals surface area contributed by atoms with Crippen molar-refractivity contribution >= 4 is 5.97 Å². The third-order valence-corrected chi connectivity index (χ3v) is 2.62. The molecule has 94 valence electrons. The van der Waals surface area contributed by atoms with Crippen LogP contribution >= 0.6 is 0 Å². The first-order valence-corrected chi connectivity index (χ1v) is 5.73. The van der Waals surface area contributed by atoms with Gasteiger partial charge >= 0.3 is 5.97 Å². The van der Waals surface area contributed by atoms with Crippen LogP contribution in [0.25, 0.3) is 0 Å². The molecule has 1 atom stereocenters. The van der Waals surface area contributed by atoms with Crippen molar-refractivity contribution < 1.29 is 19.7 Å². The number of phenolic OH excluding ortho intramolecular Hbond substituents is 1. The summed E-state index contributed by atoms with van der Waals surface area (Å²) in [5.41, 5.74) is 1.86. The second-order valence-corrected chi connectivity index (χ2v) is 3.79. The molecule has 1 aromatic rings. The minimum atomic E-state index is -0.957. The predicted molar refractivity (Wildman–Crippen MR) is 64.2 cm³/mol. The van der Waals surface area contributed by atoms with Gasteiger partial charge in [0.1, 0.15) is 5.75 Å². The van der Waals surface area contributed by atoms with E-state index in [2.05, 4.69) is 0 Å². The second-order valence-electron chi connectivity index (χ2n) is 3.79. The molecule has 0 radical (unpaired) electrons. The maximum Gasteiger partial charge on any atom is 0.333 e. The van der Waals surface area contributed by atoms with Crippen LogP contribution in [0.5, 0.6) is 5.75 Å². The maximum absolute atomic E-state index is 11.0. The maximum atomic E-state index is 11.0. The molecule has 0 spiro atoms. The molecule has 0 aliphatic rings. The van der Waals surface area contributed by atoms with E-state index in [0.29, 0.717) is 13.0 Å². The number of hydrogen-bond donors (Lipinski definition) is 2. The summed E-state index contributed by atoms with van der Waals surface area (Å²) in [7, 11) is 0. The molecule has 0 amide bonds. The molecule has 0 aromatic heterocycles. The van der Waals surface area contributed by atoms with Crippen molar-refractivity contribution in [1.29, 1.82) is 0 Å². The number of hydrogen-bond acceptors (Lipinski definition) is 3. The quantitative estimate of drug-likeness (QED) is 0.795. The Hall–Kier alpha value is -1.55. The van der Waals surface area contributed by atoms with E-state index >= 15 is 0 Å². The molecule has 0 aliphatic heterocycles. The smallest absolute Gasteiger partial charge is 0.333 e. The third-order valence-electron chi connectivity index (χ3n) is 2.62. The number of carboxylic acid groups (broad SMARTS) is 1. The molecule has 17 heavy (non-hydrogen) atoms. The van der Waals surface area contributed by atoms with Crippen LogP contribution in [0.15, 0.2) is 18.2 Å². The molecule has 0 bridgehead atoms. The van der Waals surface area contributed by atoms with E-state index in [0.717, 1.165) is 17.5 Å². The SMILES string of the molecule is CCO[C@@H](Cc1ccc(O)cc1CC)C(=O)O. The van der Waals surface area contributed by atoms with Crippen LogP contribution in [0, 0.1) is 0 Å². The largest absolute Gasteiger partial charge is 0.508 e. The van der Waals surface area contributed by atoms with Crippen molar-refractivity contribution in [2.45, 2.75) is 32.8 Å². The summed E-state index contributed by atoms with van der Waals surface area (Å²) in [6, 6.07) is 4.99. The highest BCUT2D eigenvalue weighted by Gasteiger charge is 2.19. The Bertz CT molecular complexity index is 387. The fraction of sp³-hybridized carbons (Fsp3) is 0.462. The second kappa shape index (κ2) is 6.25. The topological polar surface area (TPSA) is 66.8 Å². The third kappa shape index (κ3) is 3.75. The number of carboxylic acids is 1. The average molecular weight is 238 g/mol. The van der Waals surface area contributed by atoms with Crippen molar-refractivity contribution in [2.75, 3.05) is 6.61 Å². The van der Waals surface area contributed by atoms with Crippen LogP contribution in [0.2, 0.25) is 0 Å². The number of benzene rings is 1. The van der Waals surface area contributed by atoms with Gasteiger partial charge in [-0.3, -0.25) is 0 Å². The van der Waals surface area contributed by atoms with E-state index in [4.69, 9.17) is 9.84 Å². The van der Waals surface area contributed by atoms with E-state index in [1.165, 1.54) is 0 Å². The first-order valence-electron chi connectivity index (χ1n) is 5.73. The summed E-state index contributed by atoms with van der Waals surface area (Å²) in [6.45, 7) is 4.11. The summed E-state index contributed by atoms with van der Waals surface area (Å²) < 4.78 is 5.18. The van der Waals surface area contributed by atoms with Crippen molar-refractivity contribution in [3.8, 4) is 5.75 Å². The number of ether oxygens (including phenoxy) is 1. The Morgan fingerprint density at radius 1 is 1.35 bits per heavy atom. The van der Waals surface area contributed by atoms with Crippen LogP contribution in [-0.2, 0) is 22.4 Å². The number of carbonyl (C=O) groups is 1. The van der Waals surface area contributed by atoms with Crippen LogP contribution in [0.1, 0.15) is 25.0 Å². The zero-order valence-electron chi connectivity index (χ0n) is 10.1. The van der Waals surface area contributed by atoms with Gasteiger partial charge in [-0.25, -0.2) is 4.79 Å². The molecule has 0 unspecified atom stereocenters. The first-order chi connectivity index (χ1) is 8.08. The Morgan fingerprint density at radius 2 is 2.06 bits per heavy atom. The molecule has 0 saturated heterocycles. The van der Waals surface area contributed by atoms with Crippen molar-refractivity contribution in [2.24, 2.45) is 0 Å². The van der Waals surface area contributed by atoms with Crippen LogP contribution in [0.3, 0.4) is 0 Å². The molecule has 0 saturated carbocycles. The molecule has 0 aliphatic carbocycles. The van der Waals surface area contributed by atoms with Gasteiger partial charge in [0.05, 0.1) is 0 Å². The normalized spacial score (nSPS) is 12.4. The van der Waals surface area contributed by atoms with Crippen molar-refractivity contribution in [3.05, 3.63) is 29.3 Å². The van der Waals surface area contributed by atoms with Crippen LogP contribution in [-0.4, -0.2) is 28.9 Å². The summed E-state index contributed by atoms with van der Waals surface area (Å²) >= 11 is 0. The number of aryl methyl sites for hydroxylation is 1. The molecule has 4 nitrogen and oxygen atoms in total. The summed E-state index contributed by atoms with van der Waals surface area (Å²) in [4.78, 5) is 11.0. The van der Waals surface area contributed by atoms with Crippen molar-refractivity contribution in [1.82, 2.24) is 0 Å². The summed E-state index contributed by atoms with van der Waals surface area (Å²) in [5.74, 6) is -0.754. The van der Waals surface area contributed by atoms with Crippen LogP contribution < -0.4 is 0 Å². The monoisotopic (exact) mass is 238 g/mol. The van der Waals surface area contributed by atoms with E-state index in [-0.39, 0.29) is 5.75 Å². The lowest BCUT2D eigenvalue weighted by molar-refractivity contribution is -0.149. The Balaban J connectivity index is 2.88. The summed E-state index contributed by atoms with van der Waals surface area (Å²) in [6.07, 6.45) is 0.254. The van der Waals surface area contributed by atoms with Crippen molar-refractivity contribution in [3.63, 3.8) is 0 Å². The lowest BCUT2D eigenvalue weighted by Crippen LogP contribution is -2.26. The first kappa shape index (κ1) is 13.5. The molecule has 0 heterocycles. The van der Waals surface area contributed by atoms with E-state index < -0.39 is 12.1 Å². The van der Waals surface area contributed by atoms with E-state index in [1.807, 2.05) is 6.92 Å². The molecule has 4 heteroatoms. The summed E-state index contributed by atoms with van der Waals surface area (Å²) in [5, 5.41) is 18.4. The Labute approximate surface area is 101 Å². The van der Waals surface area contributed by atoms with E-state index in [9.17, 15) is 9.90 Å². The zero-order chi connectivity index (χ0) is 12.8. The number of aliphatic carboxylic acids is 1. The van der Waals surface area contributed by atoms with Gasteiger partial charge in [0, 0.05) is 13.0 Å². The Kier molecular flexibility index (Phi) is 4.97. The minimum absolute atomic E-state index is 0.203. The minimum Gasteiger partial charge on any atom is -0.508 e. The number of aromatic hydroxyl groups is 1. The molecule has 2 N–H and O–H groups in total. The molecular formula is C13H18O4. The molecule has 1 aromatic carbocycles. The highest BCUT2D eigenvalue weighted by atomic mass is 16.5. The van der Waals surface area contributed by atoms with Gasteiger partial charge in [0.15, 0.2) is 6.10 Å². The average Bonchev–Trinajstić information content (AvgIpc) is 2.30. The van der Waals surface area contributed by atoms with Gasteiger partial charge < -0.3 is 14.9 Å². The molecular weight excluding hydrogens is 220 g/mol. The van der Waals surface area contributed by atoms with E-state index in [1.54, 1.807) is 25.1 Å². The lowest BCUT2D eigenvalue weighted by Gasteiger charge is -2.15. The van der Waals surface area contributed by atoms with Gasteiger partial charge in [0.25, 0.3) is 0 Å². The molecule has 0 fully saturated rings.